The van der Waals surface area contributed by atoms with Crippen molar-refractivity contribution in [3.63, 3.8) is 0 Å². The van der Waals surface area contributed by atoms with E-state index in [4.69, 9.17) is 10.5 Å². The molecular formula is C14H19NO3. The highest BCUT2D eigenvalue weighted by Gasteiger charge is 2.17. The van der Waals surface area contributed by atoms with Crippen LogP contribution in [0.15, 0.2) is 12.1 Å². The summed E-state index contributed by atoms with van der Waals surface area (Å²) in [6.45, 7) is 5.66. The molecule has 1 aromatic rings. The molecule has 0 radical (unpaired) electrons. The van der Waals surface area contributed by atoms with Gasteiger partial charge >= 0.3 is 5.97 Å². The molecule has 0 heterocycles. The summed E-state index contributed by atoms with van der Waals surface area (Å²) in [7, 11) is 1.38. The van der Waals surface area contributed by atoms with Gasteiger partial charge in [-0.15, -0.1) is 0 Å². The fourth-order valence-electron chi connectivity index (χ4n) is 2.05. The zero-order valence-corrected chi connectivity index (χ0v) is 11.2. The third kappa shape index (κ3) is 3.09. The minimum Gasteiger partial charge on any atom is -0.469 e. The van der Waals surface area contributed by atoms with Crippen molar-refractivity contribution in [2.24, 2.45) is 11.7 Å². The topological polar surface area (TPSA) is 69.4 Å². The van der Waals surface area contributed by atoms with Crippen LogP contribution >= 0.6 is 0 Å². The highest BCUT2D eigenvalue weighted by Crippen LogP contribution is 2.20. The molecule has 0 aromatic heterocycles. The Hall–Kier alpha value is -1.84. The Labute approximate surface area is 107 Å². The minimum absolute atomic E-state index is 0.202. The van der Waals surface area contributed by atoms with Crippen molar-refractivity contribution in [3.8, 4) is 0 Å². The third-order valence-electron chi connectivity index (χ3n) is 3.09. The van der Waals surface area contributed by atoms with Crippen molar-refractivity contribution in [2.75, 3.05) is 7.11 Å². The average molecular weight is 249 g/mol. The first-order chi connectivity index (χ1) is 8.36. The van der Waals surface area contributed by atoms with Gasteiger partial charge in [0.05, 0.1) is 13.0 Å². The molecule has 0 fully saturated rings. The largest absolute Gasteiger partial charge is 0.469 e. The van der Waals surface area contributed by atoms with Crippen molar-refractivity contribution in [1.29, 1.82) is 0 Å². The number of methoxy groups -OCH3 is 1. The highest BCUT2D eigenvalue weighted by atomic mass is 16.5. The average Bonchev–Trinajstić information content (AvgIpc) is 2.31. The zero-order valence-electron chi connectivity index (χ0n) is 11.2. The lowest BCUT2D eigenvalue weighted by Gasteiger charge is -2.15. The first-order valence-electron chi connectivity index (χ1n) is 5.84. The van der Waals surface area contributed by atoms with Crippen molar-refractivity contribution in [1.82, 2.24) is 0 Å². The highest BCUT2D eigenvalue weighted by molar-refractivity contribution is 5.93. The van der Waals surface area contributed by atoms with E-state index >= 15 is 0 Å². The first-order valence-corrected chi connectivity index (χ1v) is 5.84. The van der Waals surface area contributed by atoms with Gasteiger partial charge in [-0.05, 0) is 49.1 Å². The molecule has 0 saturated heterocycles. The summed E-state index contributed by atoms with van der Waals surface area (Å²) in [5, 5.41) is 0. The summed E-state index contributed by atoms with van der Waals surface area (Å²) < 4.78 is 4.71. The van der Waals surface area contributed by atoms with Gasteiger partial charge < -0.3 is 10.5 Å². The molecule has 0 spiro atoms. The van der Waals surface area contributed by atoms with Crippen LogP contribution in [0, 0.1) is 19.8 Å². The van der Waals surface area contributed by atoms with Crippen LogP contribution in [0.1, 0.15) is 34.0 Å². The predicted octanol–water partition coefficient (Wildman–Crippen LogP) is 1.75. The van der Waals surface area contributed by atoms with Crippen molar-refractivity contribution in [2.45, 2.75) is 27.2 Å². The number of rotatable bonds is 4. The predicted molar refractivity (Wildman–Crippen MR) is 69.3 cm³/mol. The van der Waals surface area contributed by atoms with Crippen molar-refractivity contribution >= 4 is 11.9 Å². The lowest BCUT2D eigenvalue weighted by Crippen LogP contribution is -2.17. The Morgan fingerprint density at radius 3 is 2.17 bits per heavy atom. The standard InChI is InChI=1S/C14H19NO3/c1-8-5-11(13(15)16)6-9(2)12(8)7-10(3)14(17)18-4/h5-6,10H,7H2,1-4H3,(H2,15,16)/t10-/m0/s1. The molecule has 0 bridgehead atoms. The maximum atomic E-state index is 11.4. The molecule has 0 aliphatic heterocycles. The number of esters is 1. The number of nitrogens with two attached hydrogens (primary N) is 1. The van der Waals surface area contributed by atoms with Crippen molar-refractivity contribution < 1.29 is 14.3 Å². The fourth-order valence-corrected chi connectivity index (χ4v) is 2.05. The van der Waals surface area contributed by atoms with Gasteiger partial charge in [-0.3, -0.25) is 9.59 Å². The number of benzene rings is 1. The van der Waals surface area contributed by atoms with Gasteiger partial charge in [-0.2, -0.15) is 0 Å². The molecule has 1 amide bonds. The molecule has 98 valence electrons. The van der Waals surface area contributed by atoms with Crippen LogP contribution in [-0.2, 0) is 16.0 Å². The van der Waals surface area contributed by atoms with Crippen molar-refractivity contribution in [3.05, 3.63) is 34.4 Å². The smallest absolute Gasteiger partial charge is 0.308 e. The monoisotopic (exact) mass is 249 g/mol. The van der Waals surface area contributed by atoms with E-state index in [9.17, 15) is 9.59 Å². The Morgan fingerprint density at radius 2 is 1.78 bits per heavy atom. The second-order valence-electron chi connectivity index (χ2n) is 4.58. The summed E-state index contributed by atoms with van der Waals surface area (Å²) in [5.74, 6) is -0.867. The molecule has 0 saturated carbocycles. The Balaban J connectivity index is 3.04. The Morgan fingerprint density at radius 1 is 1.28 bits per heavy atom. The van der Waals surface area contributed by atoms with Crippen LogP contribution in [0.2, 0.25) is 0 Å². The summed E-state index contributed by atoms with van der Waals surface area (Å²) in [6.07, 6.45) is 0.601. The number of amides is 1. The molecular weight excluding hydrogens is 230 g/mol. The number of hydrogen-bond acceptors (Lipinski definition) is 3. The number of ether oxygens (including phenoxy) is 1. The van der Waals surface area contributed by atoms with E-state index in [0.717, 1.165) is 16.7 Å². The Kier molecular flexibility index (Phi) is 4.48. The van der Waals surface area contributed by atoms with Gasteiger partial charge in [0.2, 0.25) is 5.91 Å². The molecule has 1 atom stereocenters. The quantitative estimate of drug-likeness (QED) is 0.826. The molecule has 0 unspecified atom stereocenters. The van der Waals surface area contributed by atoms with Gasteiger partial charge in [0.1, 0.15) is 0 Å². The molecule has 4 nitrogen and oxygen atoms in total. The van der Waals surface area contributed by atoms with E-state index in [1.54, 1.807) is 12.1 Å². The summed E-state index contributed by atoms with van der Waals surface area (Å²) >= 11 is 0. The number of aryl methyl sites for hydroxylation is 2. The van der Waals surface area contributed by atoms with Crippen LogP contribution in [0.25, 0.3) is 0 Å². The second-order valence-corrected chi connectivity index (χ2v) is 4.58. The summed E-state index contributed by atoms with van der Waals surface area (Å²) in [5.41, 5.74) is 8.77. The number of hydrogen-bond donors (Lipinski definition) is 1. The number of carbonyl (C=O) groups excluding carboxylic acids is 2. The van der Waals surface area contributed by atoms with E-state index in [1.807, 2.05) is 20.8 Å². The van der Waals surface area contributed by atoms with E-state index in [0.29, 0.717) is 12.0 Å². The molecule has 2 N–H and O–H groups in total. The van der Waals surface area contributed by atoms with Crippen LogP contribution in [-0.4, -0.2) is 19.0 Å². The summed E-state index contributed by atoms with van der Waals surface area (Å²) in [6, 6.07) is 3.52. The van der Waals surface area contributed by atoms with E-state index in [2.05, 4.69) is 0 Å². The SMILES string of the molecule is COC(=O)[C@@H](C)Cc1c(C)cc(C(N)=O)cc1C. The summed E-state index contributed by atoms with van der Waals surface area (Å²) in [4.78, 5) is 22.6. The zero-order chi connectivity index (χ0) is 13.9. The maximum Gasteiger partial charge on any atom is 0.308 e. The van der Waals surface area contributed by atoms with Gasteiger partial charge in [0.25, 0.3) is 0 Å². The normalized spacial score (nSPS) is 12.0. The number of primary amides is 1. The third-order valence-corrected chi connectivity index (χ3v) is 3.09. The molecule has 1 aromatic carbocycles. The number of carbonyl (C=O) groups is 2. The molecule has 18 heavy (non-hydrogen) atoms. The second kappa shape index (κ2) is 5.67. The van der Waals surface area contributed by atoms with Gasteiger partial charge in [0, 0.05) is 5.56 Å². The van der Waals surface area contributed by atoms with Crippen LogP contribution in [0.5, 0.6) is 0 Å². The van der Waals surface area contributed by atoms with E-state index in [-0.39, 0.29) is 11.9 Å². The van der Waals surface area contributed by atoms with Gasteiger partial charge in [-0.25, -0.2) is 0 Å². The molecule has 4 heteroatoms. The van der Waals surface area contributed by atoms with E-state index in [1.165, 1.54) is 7.11 Å². The minimum atomic E-state index is -0.436. The van der Waals surface area contributed by atoms with E-state index < -0.39 is 5.91 Å². The first kappa shape index (κ1) is 14.2. The Bertz CT molecular complexity index is 457. The molecule has 0 aliphatic rings. The lowest BCUT2D eigenvalue weighted by atomic mass is 9.92. The van der Waals surface area contributed by atoms with Crippen LogP contribution < -0.4 is 5.73 Å². The van der Waals surface area contributed by atoms with Gasteiger partial charge in [0.15, 0.2) is 0 Å². The maximum absolute atomic E-state index is 11.4. The fraction of sp³-hybridized carbons (Fsp3) is 0.429. The van der Waals surface area contributed by atoms with Crippen LogP contribution in [0.4, 0.5) is 0 Å². The molecule has 1 rings (SSSR count). The van der Waals surface area contributed by atoms with Crippen LogP contribution in [0.3, 0.4) is 0 Å². The van der Waals surface area contributed by atoms with Gasteiger partial charge in [-0.1, -0.05) is 6.92 Å². The lowest BCUT2D eigenvalue weighted by molar-refractivity contribution is -0.144. The molecule has 0 aliphatic carbocycles.